The van der Waals surface area contributed by atoms with Gasteiger partial charge in [0.15, 0.2) is 5.75 Å². The molecule has 0 amide bonds. The first kappa shape index (κ1) is 15.5. The van der Waals surface area contributed by atoms with Crippen molar-refractivity contribution in [3.05, 3.63) is 42.0 Å². The third-order valence-electron chi connectivity index (χ3n) is 3.33. The highest BCUT2D eigenvalue weighted by Crippen LogP contribution is 2.25. The van der Waals surface area contributed by atoms with E-state index in [2.05, 4.69) is 15.0 Å². The average Bonchev–Trinajstić information content (AvgIpc) is 2.89. The van der Waals surface area contributed by atoms with Gasteiger partial charge in [-0.3, -0.25) is 9.67 Å². The van der Waals surface area contributed by atoms with Gasteiger partial charge in [-0.25, -0.2) is 0 Å². The van der Waals surface area contributed by atoms with Crippen molar-refractivity contribution in [2.75, 3.05) is 27.7 Å². The zero-order valence-corrected chi connectivity index (χ0v) is 12.9. The van der Waals surface area contributed by atoms with Gasteiger partial charge in [0.1, 0.15) is 0 Å². The molecule has 114 valence electrons. The van der Waals surface area contributed by atoms with Gasteiger partial charge in [0.2, 0.25) is 0 Å². The maximum atomic E-state index is 6.36. The first-order chi connectivity index (χ1) is 10.1. The first-order valence-electron chi connectivity index (χ1n) is 7.01. The summed E-state index contributed by atoms with van der Waals surface area (Å²) < 4.78 is 7.32. The van der Waals surface area contributed by atoms with Gasteiger partial charge in [-0.2, -0.15) is 5.10 Å². The Morgan fingerprint density at radius 2 is 2.19 bits per heavy atom. The molecule has 21 heavy (non-hydrogen) atoms. The van der Waals surface area contributed by atoms with E-state index in [-0.39, 0.29) is 6.04 Å². The van der Waals surface area contributed by atoms with E-state index in [0.29, 0.717) is 6.42 Å². The maximum Gasteiger partial charge on any atom is 0.161 e. The van der Waals surface area contributed by atoms with Crippen LogP contribution in [0, 0.1) is 0 Å². The predicted molar refractivity (Wildman–Crippen MR) is 82.2 cm³/mol. The van der Waals surface area contributed by atoms with Crippen molar-refractivity contribution in [2.45, 2.75) is 19.0 Å². The molecule has 6 nitrogen and oxygen atoms in total. The lowest BCUT2D eigenvalue weighted by atomic mass is 10.1. The second kappa shape index (κ2) is 7.19. The predicted octanol–water partition coefficient (Wildman–Crippen LogP) is 1.09. The SMILES string of the molecule is COc1cnn(CCN(C)C)c1C(N)Cc1ccccn1. The number of nitrogens with two attached hydrogens (primary N) is 1. The van der Waals surface area contributed by atoms with Gasteiger partial charge in [0.05, 0.1) is 31.6 Å². The highest BCUT2D eigenvalue weighted by atomic mass is 16.5. The van der Waals surface area contributed by atoms with Gasteiger partial charge in [0.25, 0.3) is 0 Å². The van der Waals surface area contributed by atoms with Crippen LogP contribution in [0.3, 0.4) is 0 Å². The third-order valence-corrected chi connectivity index (χ3v) is 3.33. The number of pyridine rings is 1. The van der Waals surface area contributed by atoms with Crippen molar-refractivity contribution in [3.8, 4) is 5.75 Å². The maximum absolute atomic E-state index is 6.36. The molecule has 2 aromatic rings. The number of nitrogens with zero attached hydrogens (tertiary/aromatic N) is 4. The lowest BCUT2D eigenvalue weighted by molar-refractivity contribution is 0.360. The highest BCUT2D eigenvalue weighted by molar-refractivity contribution is 5.29. The molecule has 2 heterocycles. The molecule has 2 aromatic heterocycles. The Labute approximate surface area is 125 Å². The minimum Gasteiger partial charge on any atom is -0.493 e. The Hall–Kier alpha value is -1.92. The van der Waals surface area contributed by atoms with Crippen LogP contribution < -0.4 is 10.5 Å². The number of hydrogen-bond acceptors (Lipinski definition) is 5. The topological polar surface area (TPSA) is 69.2 Å². The summed E-state index contributed by atoms with van der Waals surface area (Å²) in [7, 11) is 5.72. The molecule has 6 heteroatoms. The van der Waals surface area contributed by atoms with Crippen LogP contribution in [0.25, 0.3) is 0 Å². The van der Waals surface area contributed by atoms with E-state index in [4.69, 9.17) is 10.5 Å². The molecule has 1 unspecified atom stereocenters. The van der Waals surface area contributed by atoms with Crippen molar-refractivity contribution >= 4 is 0 Å². The fourth-order valence-corrected chi connectivity index (χ4v) is 2.22. The van der Waals surface area contributed by atoms with Gasteiger partial charge in [0, 0.05) is 24.9 Å². The summed E-state index contributed by atoms with van der Waals surface area (Å²) in [5, 5.41) is 4.39. The van der Waals surface area contributed by atoms with E-state index in [0.717, 1.165) is 30.2 Å². The Kier molecular flexibility index (Phi) is 5.30. The summed E-state index contributed by atoms with van der Waals surface area (Å²) in [5.74, 6) is 0.734. The highest BCUT2D eigenvalue weighted by Gasteiger charge is 2.19. The molecule has 1 atom stereocenters. The average molecular weight is 289 g/mol. The molecule has 0 aliphatic rings. The number of rotatable bonds is 7. The Morgan fingerprint density at radius 3 is 2.81 bits per heavy atom. The number of aromatic nitrogens is 3. The Bertz CT molecular complexity index is 552. The number of ether oxygens (including phenoxy) is 1. The van der Waals surface area contributed by atoms with Crippen LogP contribution in [-0.4, -0.2) is 47.4 Å². The molecule has 2 rings (SSSR count). The molecule has 0 aliphatic carbocycles. The summed E-state index contributed by atoms with van der Waals surface area (Å²) in [6.07, 6.45) is 4.16. The fraction of sp³-hybridized carbons (Fsp3) is 0.467. The van der Waals surface area contributed by atoms with E-state index < -0.39 is 0 Å². The lowest BCUT2D eigenvalue weighted by Gasteiger charge is -2.17. The van der Waals surface area contributed by atoms with Gasteiger partial charge in [-0.1, -0.05) is 6.07 Å². The standard InChI is InChI=1S/C15H23N5O/c1-19(2)8-9-20-15(14(21-3)11-18-20)13(16)10-12-6-4-5-7-17-12/h4-7,11,13H,8-10,16H2,1-3H3. The van der Waals surface area contributed by atoms with Crippen LogP contribution in [0.1, 0.15) is 17.4 Å². The van der Waals surface area contributed by atoms with E-state index in [1.54, 1.807) is 19.5 Å². The van der Waals surface area contributed by atoms with Gasteiger partial charge in [-0.05, 0) is 26.2 Å². The summed E-state index contributed by atoms with van der Waals surface area (Å²) in [4.78, 5) is 6.44. The van der Waals surface area contributed by atoms with Gasteiger partial charge in [-0.15, -0.1) is 0 Å². The summed E-state index contributed by atoms with van der Waals surface area (Å²) in [5.41, 5.74) is 8.25. The normalized spacial score (nSPS) is 12.6. The second-order valence-corrected chi connectivity index (χ2v) is 5.26. The molecule has 0 fully saturated rings. The van der Waals surface area contributed by atoms with Crippen molar-refractivity contribution < 1.29 is 4.74 Å². The van der Waals surface area contributed by atoms with Crippen molar-refractivity contribution in [1.82, 2.24) is 19.7 Å². The molecule has 0 radical (unpaired) electrons. The number of methoxy groups -OCH3 is 1. The molecular weight excluding hydrogens is 266 g/mol. The zero-order chi connectivity index (χ0) is 15.2. The monoisotopic (exact) mass is 289 g/mol. The molecular formula is C15H23N5O. The molecule has 0 bridgehead atoms. The first-order valence-corrected chi connectivity index (χ1v) is 7.01. The van der Waals surface area contributed by atoms with Crippen molar-refractivity contribution in [1.29, 1.82) is 0 Å². The van der Waals surface area contributed by atoms with Crippen LogP contribution in [0.5, 0.6) is 5.75 Å². The van der Waals surface area contributed by atoms with Crippen LogP contribution in [0.2, 0.25) is 0 Å². The van der Waals surface area contributed by atoms with Crippen molar-refractivity contribution in [3.63, 3.8) is 0 Å². The van der Waals surface area contributed by atoms with E-state index >= 15 is 0 Å². The van der Waals surface area contributed by atoms with E-state index in [1.165, 1.54) is 0 Å². The smallest absolute Gasteiger partial charge is 0.161 e. The molecule has 0 aliphatic heterocycles. The van der Waals surface area contributed by atoms with Gasteiger partial charge >= 0.3 is 0 Å². The fourth-order valence-electron chi connectivity index (χ4n) is 2.22. The van der Waals surface area contributed by atoms with Crippen LogP contribution in [0.15, 0.2) is 30.6 Å². The minimum atomic E-state index is -0.195. The molecule has 0 aromatic carbocycles. The van der Waals surface area contributed by atoms with Crippen LogP contribution in [-0.2, 0) is 13.0 Å². The van der Waals surface area contributed by atoms with E-state index in [9.17, 15) is 0 Å². The minimum absolute atomic E-state index is 0.195. The quantitative estimate of drug-likeness (QED) is 0.826. The third kappa shape index (κ3) is 4.03. The van der Waals surface area contributed by atoms with Crippen molar-refractivity contribution in [2.24, 2.45) is 5.73 Å². The molecule has 0 spiro atoms. The largest absolute Gasteiger partial charge is 0.493 e. The van der Waals surface area contributed by atoms with Gasteiger partial charge < -0.3 is 15.4 Å². The Morgan fingerprint density at radius 1 is 1.38 bits per heavy atom. The molecule has 0 saturated carbocycles. The summed E-state index contributed by atoms with van der Waals surface area (Å²) in [6.45, 7) is 1.68. The summed E-state index contributed by atoms with van der Waals surface area (Å²) >= 11 is 0. The number of likely N-dealkylation sites (N-methyl/N-ethyl adjacent to an activating group) is 1. The zero-order valence-electron chi connectivity index (χ0n) is 12.9. The second-order valence-electron chi connectivity index (χ2n) is 5.26. The Balaban J connectivity index is 2.17. The molecule has 0 saturated heterocycles. The molecule has 2 N–H and O–H groups in total. The van der Waals surface area contributed by atoms with E-state index in [1.807, 2.05) is 37.0 Å². The lowest BCUT2D eigenvalue weighted by Crippen LogP contribution is -2.24. The van der Waals surface area contributed by atoms with Crippen LogP contribution in [0.4, 0.5) is 0 Å². The number of hydrogen-bond donors (Lipinski definition) is 1. The summed E-state index contributed by atoms with van der Waals surface area (Å²) in [6, 6.07) is 5.65. The van der Waals surface area contributed by atoms with Crippen LogP contribution >= 0.6 is 0 Å².